The van der Waals surface area contributed by atoms with Crippen molar-refractivity contribution in [1.29, 1.82) is 0 Å². The Labute approximate surface area is 115 Å². The Morgan fingerprint density at radius 1 is 1.47 bits per heavy atom. The third-order valence-corrected chi connectivity index (χ3v) is 4.04. The maximum atomic E-state index is 12.6. The Morgan fingerprint density at radius 3 is 2.89 bits per heavy atom. The fraction of sp³-hybridized carbons (Fsp3) is 0.625. The molecule has 1 heterocycles. The third kappa shape index (κ3) is 3.14. The smallest absolute Gasteiger partial charge is 0.168 e. The summed E-state index contributed by atoms with van der Waals surface area (Å²) in [6.07, 6.45) is 7.55. The molecule has 3 nitrogen and oxygen atoms in total. The highest BCUT2D eigenvalue weighted by Crippen LogP contribution is 2.44. The van der Waals surface area contributed by atoms with Crippen LogP contribution in [-0.4, -0.2) is 17.4 Å². The summed E-state index contributed by atoms with van der Waals surface area (Å²) in [5, 5.41) is 0. The second-order valence-corrected chi connectivity index (χ2v) is 6.06. The molecule has 1 aliphatic rings. The number of hydrogen-bond donors (Lipinski definition) is 0. The fourth-order valence-corrected chi connectivity index (χ4v) is 2.87. The summed E-state index contributed by atoms with van der Waals surface area (Å²) in [4.78, 5) is 16.7. The molecular formula is C16H23NO2. The van der Waals surface area contributed by atoms with Crippen LogP contribution in [0.15, 0.2) is 18.5 Å². The molecule has 0 spiro atoms. The largest absolute Gasteiger partial charge is 0.492 e. The minimum absolute atomic E-state index is 0.108. The van der Waals surface area contributed by atoms with Crippen LogP contribution in [0.5, 0.6) is 5.75 Å². The average Bonchev–Trinajstić information content (AvgIpc) is 2.75. The minimum atomic E-state index is 0.108. The van der Waals surface area contributed by atoms with E-state index in [1.807, 2.05) is 6.07 Å². The molecule has 104 valence electrons. The van der Waals surface area contributed by atoms with Gasteiger partial charge in [0.2, 0.25) is 0 Å². The van der Waals surface area contributed by atoms with Crippen molar-refractivity contribution in [2.24, 2.45) is 11.3 Å². The van der Waals surface area contributed by atoms with Gasteiger partial charge in [-0.15, -0.1) is 0 Å². The highest BCUT2D eigenvalue weighted by molar-refractivity contribution is 5.98. The summed E-state index contributed by atoms with van der Waals surface area (Å²) in [5.41, 5.74) is 0.797. The van der Waals surface area contributed by atoms with Crippen LogP contribution >= 0.6 is 0 Å². The number of rotatable bonds is 5. The number of pyridine rings is 1. The van der Waals surface area contributed by atoms with Crippen molar-refractivity contribution in [3.8, 4) is 5.75 Å². The molecule has 19 heavy (non-hydrogen) atoms. The zero-order valence-electron chi connectivity index (χ0n) is 12.1. The van der Waals surface area contributed by atoms with Gasteiger partial charge < -0.3 is 4.74 Å². The zero-order valence-corrected chi connectivity index (χ0v) is 12.1. The number of ketones is 1. The Balaban J connectivity index is 2.15. The summed E-state index contributed by atoms with van der Waals surface area (Å²) in [5.74, 6) is 1.04. The Kier molecular flexibility index (Phi) is 4.23. The van der Waals surface area contributed by atoms with Crippen molar-refractivity contribution in [1.82, 2.24) is 4.98 Å². The standard InChI is InChI=1S/C16H23NO2/c1-4-8-19-13-9-12(10-17-11-13)15(18)14-6-5-7-16(14,2)3/h9-11,14H,4-8H2,1-3H3. The van der Waals surface area contributed by atoms with Gasteiger partial charge in [-0.3, -0.25) is 9.78 Å². The van der Waals surface area contributed by atoms with E-state index in [9.17, 15) is 4.79 Å². The summed E-state index contributed by atoms with van der Waals surface area (Å²) in [6, 6.07) is 1.83. The van der Waals surface area contributed by atoms with E-state index in [1.54, 1.807) is 12.4 Å². The van der Waals surface area contributed by atoms with Crippen molar-refractivity contribution in [2.75, 3.05) is 6.61 Å². The lowest BCUT2D eigenvalue weighted by Gasteiger charge is -2.25. The van der Waals surface area contributed by atoms with Gasteiger partial charge >= 0.3 is 0 Å². The van der Waals surface area contributed by atoms with Gasteiger partial charge in [0.25, 0.3) is 0 Å². The summed E-state index contributed by atoms with van der Waals surface area (Å²) < 4.78 is 5.55. The first-order valence-electron chi connectivity index (χ1n) is 7.16. The summed E-state index contributed by atoms with van der Waals surface area (Å²) >= 11 is 0. The van der Waals surface area contributed by atoms with Crippen LogP contribution in [0, 0.1) is 11.3 Å². The van der Waals surface area contributed by atoms with Crippen molar-refractivity contribution in [2.45, 2.75) is 46.5 Å². The zero-order chi connectivity index (χ0) is 13.9. The molecule has 0 aliphatic heterocycles. The number of hydrogen-bond acceptors (Lipinski definition) is 3. The molecule has 0 aromatic carbocycles. The predicted molar refractivity (Wildman–Crippen MR) is 75.5 cm³/mol. The highest BCUT2D eigenvalue weighted by atomic mass is 16.5. The number of carbonyl (C=O) groups excluding carboxylic acids is 1. The number of aromatic nitrogens is 1. The first kappa shape index (κ1) is 14.0. The fourth-order valence-electron chi connectivity index (χ4n) is 2.87. The molecule has 1 saturated carbocycles. The lowest BCUT2D eigenvalue weighted by molar-refractivity contribution is 0.0838. The molecule has 1 fully saturated rings. The Morgan fingerprint density at radius 2 is 2.26 bits per heavy atom. The normalized spacial score (nSPS) is 21.3. The van der Waals surface area contributed by atoms with Crippen LogP contribution in [-0.2, 0) is 0 Å². The molecule has 1 unspecified atom stereocenters. The van der Waals surface area contributed by atoms with Crippen molar-refractivity contribution in [3.63, 3.8) is 0 Å². The van der Waals surface area contributed by atoms with E-state index in [0.717, 1.165) is 25.7 Å². The summed E-state index contributed by atoms with van der Waals surface area (Å²) in [6.45, 7) is 7.10. The summed E-state index contributed by atoms with van der Waals surface area (Å²) in [7, 11) is 0. The van der Waals surface area contributed by atoms with Crippen LogP contribution < -0.4 is 4.74 Å². The van der Waals surface area contributed by atoms with Gasteiger partial charge in [0.1, 0.15) is 5.75 Å². The SMILES string of the molecule is CCCOc1cncc(C(=O)C2CCCC2(C)C)c1. The lowest BCUT2D eigenvalue weighted by atomic mass is 9.78. The highest BCUT2D eigenvalue weighted by Gasteiger charge is 2.39. The molecular weight excluding hydrogens is 238 g/mol. The van der Waals surface area contributed by atoms with Gasteiger partial charge in [0, 0.05) is 17.7 Å². The molecule has 1 aromatic rings. The van der Waals surface area contributed by atoms with E-state index < -0.39 is 0 Å². The molecule has 1 aromatic heterocycles. The number of ether oxygens (including phenoxy) is 1. The topological polar surface area (TPSA) is 39.2 Å². The maximum Gasteiger partial charge on any atom is 0.168 e. The van der Waals surface area contributed by atoms with E-state index in [1.165, 1.54) is 0 Å². The number of nitrogens with zero attached hydrogens (tertiary/aromatic N) is 1. The third-order valence-electron chi connectivity index (χ3n) is 4.04. The van der Waals surface area contributed by atoms with Crippen LogP contribution in [0.4, 0.5) is 0 Å². The molecule has 0 radical (unpaired) electrons. The molecule has 0 amide bonds. The number of carbonyl (C=O) groups is 1. The van der Waals surface area contributed by atoms with E-state index in [2.05, 4.69) is 25.8 Å². The maximum absolute atomic E-state index is 12.6. The van der Waals surface area contributed by atoms with E-state index >= 15 is 0 Å². The van der Waals surface area contributed by atoms with E-state index in [0.29, 0.717) is 17.9 Å². The average molecular weight is 261 g/mol. The Hall–Kier alpha value is -1.38. The quantitative estimate of drug-likeness (QED) is 0.755. The Bertz CT molecular complexity index is 454. The van der Waals surface area contributed by atoms with Crippen molar-refractivity contribution < 1.29 is 9.53 Å². The molecule has 3 heteroatoms. The van der Waals surface area contributed by atoms with Gasteiger partial charge in [-0.25, -0.2) is 0 Å². The second kappa shape index (κ2) is 5.72. The molecule has 2 rings (SSSR count). The van der Waals surface area contributed by atoms with Crippen molar-refractivity contribution >= 4 is 5.78 Å². The lowest BCUT2D eigenvalue weighted by Crippen LogP contribution is -2.26. The van der Waals surface area contributed by atoms with Gasteiger partial charge in [-0.05, 0) is 30.7 Å². The van der Waals surface area contributed by atoms with Gasteiger partial charge in [-0.2, -0.15) is 0 Å². The first-order valence-corrected chi connectivity index (χ1v) is 7.16. The van der Waals surface area contributed by atoms with Crippen LogP contribution in [0.3, 0.4) is 0 Å². The van der Waals surface area contributed by atoms with E-state index in [4.69, 9.17) is 4.74 Å². The van der Waals surface area contributed by atoms with Gasteiger partial charge in [0.15, 0.2) is 5.78 Å². The number of Topliss-reactive ketones (excluding diaryl/α,β-unsaturated/α-hetero) is 1. The molecule has 1 aliphatic carbocycles. The first-order chi connectivity index (χ1) is 9.04. The van der Waals surface area contributed by atoms with Crippen LogP contribution in [0.1, 0.15) is 56.8 Å². The predicted octanol–water partition coefficient (Wildman–Crippen LogP) is 3.88. The second-order valence-electron chi connectivity index (χ2n) is 6.06. The molecule has 0 saturated heterocycles. The van der Waals surface area contributed by atoms with Crippen LogP contribution in [0.2, 0.25) is 0 Å². The van der Waals surface area contributed by atoms with E-state index in [-0.39, 0.29) is 17.1 Å². The van der Waals surface area contributed by atoms with Crippen LogP contribution in [0.25, 0.3) is 0 Å². The van der Waals surface area contributed by atoms with Gasteiger partial charge in [-0.1, -0.05) is 27.2 Å². The molecule has 1 atom stereocenters. The van der Waals surface area contributed by atoms with Crippen molar-refractivity contribution in [3.05, 3.63) is 24.0 Å². The monoisotopic (exact) mass is 261 g/mol. The molecule has 0 bridgehead atoms. The van der Waals surface area contributed by atoms with Gasteiger partial charge in [0.05, 0.1) is 12.8 Å². The minimum Gasteiger partial charge on any atom is -0.492 e. The molecule has 0 N–H and O–H groups in total.